The number of aryl methyl sites for hydroxylation is 1. The molecule has 8 heteroatoms. The minimum absolute atomic E-state index is 0.0401. The van der Waals surface area contributed by atoms with Crippen LogP contribution in [0.25, 0.3) is 5.76 Å². The quantitative estimate of drug-likeness (QED) is 0.313. The van der Waals surface area contributed by atoms with Crippen molar-refractivity contribution in [2.75, 3.05) is 4.90 Å². The highest BCUT2D eigenvalue weighted by Gasteiger charge is 2.48. The average Bonchev–Trinajstić information content (AvgIpc) is 3.47. The smallest absolute Gasteiger partial charge is 0.301 e. The van der Waals surface area contributed by atoms with Crippen LogP contribution in [0.2, 0.25) is 0 Å². The second-order valence-electron chi connectivity index (χ2n) is 10.1. The molecule has 1 aromatic heterocycles. The summed E-state index contributed by atoms with van der Waals surface area (Å²) in [5.41, 5.74) is 3.26. The number of ketones is 1. The Kier molecular flexibility index (Phi) is 5.51. The Morgan fingerprint density at radius 2 is 1.83 bits per heavy atom. The summed E-state index contributed by atoms with van der Waals surface area (Å²) >= 11 is 1.23. The Hall–Kier alpha value is -3.52. The van der Waals surface area contributed by atoms with E-state index in [9.17, 15) is 14.7 Å². The lowest BCUT2D eigenvalue weighted by Crippen LogP contribution is -2.29. The fourth-order valence-corrected chi connectivity index (χ4v) is 5.33. The van der Waals surface area contributed by atoms with Gasteiger partial charge in [0.15, 0.2) is 0 Å². The van der Waals surface area contributed by atoms with E-state index in [-0.39, 0.29) is 22.9 Å². The molecule has 7 nitrogen and oxygen atoms in total. The number of carbonyl (C=O) groups is 2. The molecule has 0 bridgehead atoms. The van der Waals surface area contributed by atoms with Gasteiger partial charge in [0, 0.05) is 12.0 Å². The van der Waals surface area contributed by atoms with Gasteiger partial charge in [0.2, 0.25) is 5.13 Å². The predicted molar refractivity (Wildman–Crippen MR) is 135 cm³/mol. The summed E-state index contributed by atoms with van der Waals surface area (Å²) in [7, 11) is 0. The zero-order chi connectivity index (χ0) is 25.1. The molecule has 3 heterocycles. The van der Waals surface area contributed by atoms with Gasteiger partial charge in [0.25, 0.3) is 5.78 Å². The molecule has 0 spiro atoms. The SMILES string of the molecule is Cc1nnc(N2C(=O)C(=O)/C(=C(/O)c3ccc4c(c3)CC(C)O4)C2c2ccc(C(C)(C)C)cc2)s1. The lowest BCUT2D eigenvalue weighted by Gasteiger charge is -2.24. The molecule has 35 heavy (non-hydrogen) atoms. The monoisotopic (exact) mass is 489 g/mol. The van der Waals surface area contributed by atoms with E-state index in [1.54, 1.807) is 19.1 Å². The first-order valence-electron chi connectivity index (χ1n) is 11.6. The highest BCUT2D eigenvalue weighted by Crippen LogP contribution is 2.44. The summed E-state index contributed by atoms with van der Waals surface area (Å²) in [5.74, 6) is -0.913. The number of ether oxygens (including phenoxy) is 1. The lowest BCUT2D eigenvalue weighted by molar-refractivity contribution is -0.132. The van der Waals surface area contributed by atoms with Crippen molar-refractivity contribution < 1.29 is 19.4 Å². The number of aliphatic hydroxyl groups excluding tert-OH is 1. The molecule has 1 amide bonds. The summed E-state index contributed by atoms with van der Waals surface area (Å²) in [6.07, 6.45) is 0.766. The Bertz CT molecular complexity index is 1370. The fraction of sp³-hybridized carbons (Fsp3) is 0.333. The second kappa shape index (κ2) is 8.30. The van der Waals surface area contributed by atoms with Gasteiger partial charge in [0.1, 0.15) is 22.6 Å². The van der Waals surface area contributed by atoms with Crippen molar-refractivity contribution in [3.8, 4) is 5.75 Å². The molecule has 1 N–H and O–H groups in total. The highest BCUT2D eigenvalue weighted by atomic mass is 32.1. The van der Waals surface area contributed by atoms with E-state index in [4.69, 9.17) is 4.74 Å². The van der Waals surface area contributed by atoms with Gasteiger partial charge >= 0.3 is 5.91 Å². The molecule has 2 aliphatic heterocycles. The van der Waals surface area contributed by atoms with Gasteiger partial charge in [-0.3, -0.25) is 14.5 Å². The number of fused-ring (bicyclic) bond motifs is 1. The van der Waals surface area contributed by atoms with E-state index >= 15 is 0 Å². The van der Waals surface area contributed by atoms with Gasteiger partial charge in [-0.1, -0.05) is 56.4 Å². The number of aromatic nitrogens is 2. The van der Waals surface area contributed by atoms with Crippen LogP contribution in [-0.2, 0) is 21.4 Å². The number of Topliss-reactive ketones (excluding diaryl/α,β-unsaturated/α-hetero) is 1. The maximum Gasteiger partial charge on any atom is 0.301 e. The number of anilines is 1. The molecular weight excluding hydrogens is 462 g/mol. The molecule has 2 aliphatic rings. The normalized spacial score (nSPS) is 21.3. The number of amides is 1. The minimum atomic E-state index is -0.820. The molecule has 2 aromatic carbocycles. The first kappa shape index (κ1) is 23.2. The van der Waals surface area contributed by atoms with Gasteiger partial charge in [-0.05, 0) is 54.2 Å². The fourth-order valence-electron chi connectivity index (χ4n) is 4.62. The van der Waals surface area contributed by atoms with Gasteiger partial charge in [-0.15, -0.1) is 10.2 Å². The third-order valence-electron chi connectivity index (χ3n) is 6.43. The van der Waals surface area contributed by atoms with E-state index in [2.05, 4.69) is 31.0 Å². The molecule has 0 aliphatic carbocycles. The summed E-state index contributed by atoms with van der Waals surface area (Å²) in [5, 5.41) is 20.6. The van der Waals surface area contributed by atoms with Gasteiger partial charge in [-0.2, -0.15) is 0 Å². The zero-order valence-electron chi connectivity index (χ0n) is 20.3. The lowest BCUT2D eigenvalue weighted by atomic mass is 9.85. The summed E-state index contributed by atoms with van der Waals surface area (Å²) in [6, 6.07) is 12.3. The summed E-state index contributed by atoms with van der Waals surface area (Å²) in [6.45, 7) is 10.1. The topological polar surface area (TPSA) is 92.6 Å². The van der Waals surface area contributed by atoms with E-state index in [1.165, 1.54) is 16.2 Å². The van der Waals surface area contributed by atoms with Crippen LogP contribution in [0, 0.1) is 6.92 Å². The van der Waals surface area contributed by atoms with E-state index < -0.39 is 17.7 Å². The first-order valence-corrected chi connectivity index (χ1v) is 12.4. The van der Waals surface area contributed by atoms with Crippen LogP contribution in [0.15, 0.2) is 48.0 Å². The van der Waals surface area contributed by atoms with Crippen molar-refractivity contribution in [1.29, 1.82) is 0 Å². The maximum absolute atomic E-state index is 13.3. The van der Waals surface area contributed by atoms with Crippen LogP contribution in [0.5, 0.6) is 5.75 Å². The number of aliphatic hydroxyl groups is 1. The van der Waals surface area contributed by atoms with Crippen LogP contribution >= 0.6 is 11.3 Å². The maximum atomic E-state index is 13.3. The molecule has 5 rings (SSSR count). The van der Waals surface area contributed by atoms with Crippen LogP contribution in [-0.4, -0.2) is 33.1 Å². The molecule has 0 radical (unpaired) electrons. The van der Waals surface area contributed by atoms with Crippen molar-refractivity contribution in [3.63, 3.8) is 0 Å². The Labute approximate surface area is 208 Å². The Morgan fingerprint density at radius 3 is 2.46 bits per heavy atom. The van der Waals surface area contributed by atoms with Crippen molar-refractivity contribution in [1.82, 2.24) is 10.2 Å². The third-order valence-corrected chi connectivity index (χ3v) is 7.27. The van der Waals surface area contributed by atoms with Crippen LogP contribution in [0.1, 0.15) is 61.0 Å². The molecule has 1 fully saturated rings. The standard InChI is InChI=1S/C27H27N3O4S/c1-14-12-18-13-17(8-11-20(18)34-14)23(31)21-22(16-6-9-19(10-7-16)27(3,4)5)30(25(33)24(21)32)26-29-28-15(2)35-26/h6-11,13-14,22,31H,12H2,1-5H3/b23-21+. The van der Waals surface area contributed by atoms with Gasteiger partial charge in [-0.25, -0.2) is 0 Å². The summed E-state index contributed by atoms with van der Waals surface area (Å²) < 4.78 is 5.77. The van der Waals surface area contributed by atoms with Crippen LogP contribution in [0.4, 0.5) is 5.13 Å². The molecule has 2 unspecified atom stereocenters. The number of carbonyl (C=O) groups excluding carboxylic acids is 2. The molecule has 0 saturated carbocycles. The van der Waals surface area contributed by atoms with Crippen molar-refractivity contribution in [2.24, 2.45) is 0 Å². The van der Waals surface area contributed by atoms with E-state index in [0.717, 1.165) is 16.9 Å². The molecular formula is C27H27N3O4S. The molecule has 180 valence electrons. The second-order valence-corrected chi connectivity index (χ2v) is 11.3. The van der Waals surface area contributed by atoms with Crippen LogP contribution in [0.3, 0.4) is 0 Å². The predicted octanol–water partition coefficient (Wildman–Crippen LogP) is 5.09. The number of benzene rings is 2. The van der Waals surface area contributed by atoms with E-state index in [0.29, 0.717) is 27.7 Å². The van der Waals surface area contributed by atoms with Crippen LogP contribution < -0.4 is 9.64 Å². The largest absolute Gasteiger partial charge is 0.507 e. The Balaban J connectivity index is 1.67. The highest BCUT2D eigenvalue weighted by molar-refractivity contribution is 7.15. The minimum Gasteiger partial charge on any atom is -0.507 e. The van der Waals surface area contributed by atoms with Gasteiger partial charge < -0.3 is 9.84 Å². The number of hydrogen-bond donors (Lipinski definition) is 1. The summed E-state index contributed by atoms with van der Waals surface area (Å²) in [4.78, 5) is 27.9. The number of hydrogen-bond acceptors (Lipinski definition) is 7. The van der Waals surface area contributed by atoms with Crippen molar-refractivity contribution >= 4 is 33.9 Å². The number of nitrogens with zero attached hydrogens (tertiary/aromatic N) is 3. The first-order chi connectivity index (χ1) is 16.5. The third kappa shape index (κ3) is 4.01. The van der Waals surface area contributed by atoms with Crippen molar-refractivity contribution in [2.45, 2.75) is 58.6 Å². The van der Waals surface area contributed by atoms with Crippen molar-refractivity contribution in [3.05, 3.63) is 75.3 Å². The molecule has 2 atom stereocenters. The molecule has 3 aromatic rings. The average molecular weight is 490 g/mol. The number of rotatable bonds is 3. The zero-order valence-corrected chi connectivity index (χ0v) is 21.1. The van der Waals surface area contributed by atoms with E-state index in [1.807, 2.05) is 37.3 Å². The Morgan fingerprint density at radius 1 is 1.11 bits per heavy atom. The van der Waals surface area contributed by atoms with Gasteiger partial charge in [0.05, 0.1) is 11.6 Å². The molecule has 1 saturated heterocycles.